The monoisotopic (exact) mass is 393 g/mol. The fraction of sp³-hybridized carbons (Fsp3) is 0.300. The second-order valence-corrected chi connectivity index (χ2v) is 6.45. The molecule has 0 aliphatic carbocycles. The summed E-state index contributed by atoms with van der Waals surface area (Å²) in [4.78, 5) is 20.0. The first kappa shape index (κ1) is 18.9. The molecule has 0 aromatic carbocycles. The number of nitrogens with zero attached hydrogens (tertiary/aromatic N) is 5. The van der Waals surface area contributed by atoms with Gasteiger partial charge in [-0.25, -0.2) is 15.0 Å². The largest absolute Gasteiger partial charge is 0.478 e. The number of nitrogens with one attached hydrogen (secondary N) is 1. The summed E-state index contributed by atoms with van der Waals surface area (Å²) in [5, 5.41) is 3.30. The SMILES string of the molecule is CCOc1ccc(Nc2cc(-c3ccc(N)nc3)nc(N3CCOCC3)n2)cn1. The average molecular weight is 393 g/mol. The highest BCUT2D eigenvalue weighted by molar-refractivity contribution is 5.67. The molecule has 0 bridgehead atoms. The van der Waals surface area contributed by atoms with Crippen molar-refractivity contribution in [2.45, 2.75) is 6.92 Å². The average Bonchev–Trinajstić information content (AvgIpc) is 2.76. The van der Waals surface area contributed by atoms with Crippen LogP contribution < -0.4 is 20.7 Å². The van der Waals surface area contributed by atoms with Crippen molar-refractivity contribution in [1.29, 1.82) is 0 Å². The zero-order valence-corrected chi connectivity index (χ0v) is 16.2. The molecule has 3 aromatic rings. The number of hydrogen-bond acceptors (Lipinski definition) is 9. The number of rotatable bonds is 6. The van der Waals surface area contributed by atoms with Crippen molar-refractivity contribution in [3.63, 3.8) is 0 Å². The van der Waals surface area contributed by atoms with Gasteiger partial charge in [0.1, 0.15) is 11.6 Å². The van der Waals surface area contributed by atoms with E-state index in [4.69, 9.17) is 25.2 Å². The van der Waals surface area contributed by atoms with Gasteiger partial charge >= 0.3 is 0 Å². The highest BCUT2D eigenvalue weighted by Gasteiger charge is 2.16. The van der Waals surface area contributed by atoms with Crippen molar-refractivity contribution < 1.29 is 9.47 Å². The fourth-order valence-corrected chi connectivity index (χ4v) is 2.94. The van der Waals surface area contributed by atoms with Gasteiger partial charge in [-0.2, -0.15) is 4.98 Å². The molecule has 0 unspecified atom stereocenters. The van der Waals surface area contributed by atoms with E-state index in [1.807, 2.05) is 31.2 Å². The first-order valence-electron chi connectivity index (χ1n) is 9.51. The molecule has 3 aromatic heterocycles. The molecule has 1 saturated heterocycles. The molecule has 0 radical (unpaired) electrons. The number of hydrogen-bond donors (Lipinski definition) is 2. The van der Waals surface area contributed by atoms with Gasteiger partial charge in [0.25, 0.3) is 0 Å². The lowest BCUT2D eigenvalue weighted by Crippen LogP contribution is -2.37. The Morgan fingerprint density at radius 3 is 2.66 bits per heavy atom. The summed E-state index contributed by atoms with van der Waals surface area (Å²) in [6, 6.07) is 9.26. The maximum Gasteiger partial charge on any atom is 0.228 e. The Balaban J connectivity index is 1.65. The minimum absolute atomic E-state index is 0.468. The topological polar surface area (TPSA) is 111 Å². The van der Waals surface area contributed by atoms with Crippen LogP contribution in [0.1, 0.15) is 6.92 Å². The van der Waals surface area contributed by atoms with Gasteiger partial charge in [-0.05, 0) is 25.1 Å². The lowest BCUT2D eigenvalue weighted by atomic mass is 10.2. The molecule has 4 rings (SSSR count). The number of pyridine rings is 2. The molecule has 1 fully saturated rings. The summed E-state index contributed by atoms with van der Waals surface area (Å²) in [5.74, 6) is 2.36. The summed E-state index contributed by atoms with van der Waals surface area (Å²) in [6.07, 6.45) is 3.43. The van der Waals surface area contributed by atoms with Crippen molar-refractivity contribution in [2.75, 3.05) is 48.9 Å². The maximum atomic E-state index is 5.72. The smallest absolute Gasteiger partial charge is 0.228 e. The highest BCUT2D eigenvalue weighted by atomic mass is 16.5. The molecule has 0 saturated carbocycles. The standard InChI is InChI=1S/C20H23N7O2/c1-2-29-19-6-4-15(13-23-19)24-18-11-16(14-3-5-17(21)22-12-14)25-20(26-18)27-7-9-28-10-8-27/h3-6,11-13H,2,7-10H2,1H3,(H2,21,22)(H,24,25,26). The Hall–Kier alpha value is -3.46. The number of anilines is 4. The number of aromatic nitrogens is 4. The minimum atomic E-state index is 0.468. The number of ether oxygens (including phenoxy) is 2. The van der Waals surface area contributed by atoms with Crippen LogP contribution in [0.5, 0.6) is 5.88 Å². The van der Waals surface area contributed by atoms with Crippen molar-refractivity contribution in [3.8, 4) is 17.1 Å². The quantitative estimate of drug-likeness (QED) is 0.652. The Labute approximate surface area is 168 Å². The fourth-order valence-electron chi connectivity index (χ4n) is 2.94. The van der Waals surface area contributed by atoms with Gasteiger partial charge in [0.2, 0.25) is 11.8 Å². The van der Waals surface area contributed by atoms with Crippen LogP contribution in [0, 0.1) is 0 Å². The van der Waals surface area contributed by atoms with Gasteiger partial charge in [0.05, 0.1) is 37.4 Å². The molecule has 3 N–H and O–H groups in total. The molecule has 1 aliphatic heterocycles. The van der Waals surface area contributed by atoms with Crippen molar-refractivity contribution in [1.82, 2.24) is 19.9 Å². The molecule has 9 heteroatoms. The van der Waals surface area contributed by atoms with Crippen LogP contribution in [0.15, 0.2) is 42.7 Å². The van der Waals surface area contributed by atoms with Gasteiger partial charge in [0, 0.05) is 37.0 Å². The Bertz CT molecular complexity index is 942. The predicted molar refractivity (Wildman–Crippen MR) is 111 cm³/mol. The third kappa shape index (κ3) is 4.69. The van der Waals surface area contributed by atoms with E-state index in [1.165, 1.54) is 0 Å². The molecule has 0 amide bonds. The van der Waals surface area contributed by atoms with Crippen LogP contribution in [0.2, 0.25) is 0 Å². The van der Waals surface area contributed by atoms with Crippen LogP contribution in [0.3, 0.4) is 0 Å². The summed E-state index contributed by atoms with van der Waals surface area (Å²) in [7, 11) is 0. The lowest BCUT2D eigenvalue weighted by molar-refractivity contribution is 0.122. The zero-order valence-electron chi connectivity index (χ0n) is 16.2. The van der Waals surface area contributed by atoms with Crippen molar-refractivity contribution in [2.24, 2.45) is 0 Å². The van der Waals surface area contributed by atoms with E-state index < -0.39 is 0 Å². The lowest BCUT2D eigenvalue weighted by Gasteiger charge is -2.27. The van der Waals surface area contributed by atoms with Crippen LogP contribution in [-0.4, -0.2) is 52.8 Å². The van der Waals surface area contributed by atoms with E-state index in [-0.39, 0.29) is 0 Å². The molecular weight excluding hydrogens is 370 g/mol. The van der Waals surface area contributed by atoms with E-state index in [0.29, 0.717) is 43.3 Å². The maximum absolute atomic E-state index is 5.72. The molecule has 0 spiro atoms. The Morgan fingerprint density at radius 1 is 1.10 bits per heavy atom. The van der Waals surface area contributed by atoms with E-state index >= 15 is 0 Å². The van der Waals surface area contributed by atoms with E-state index in [9.17, 15) is 0 Å². The van der Waals surface area contributed by atoms with Gasteiger partial charge < -0.3 is 25.4 Å². The van der Waals surface area contributed by atoms with Crippen LogP contribution >= 0.6 is 0 Å². The second kappa shape index (κ2) is 8.70. The summed E-state index contributed by atoms with van der Waals surface area (Å²) >= 11 is 0. The van der Waals surface area contributed by atoms with Gasteiger partial charge in [-0.1, -0.05) is 0 Å². The van der Waals surface area contributed by atoms with E-state index in [0.717, 1.165) is 30.0 Å². The first-order chi connectivity index (χ1) is 14.2. The van der Waals surface area contributed by atoms with Crippen molar-refractivity contribution in [3.05, 3.63) is 42.7 Å². The van der Waals surface area contributed by atoms with E-state index in [2.05, 4.69) is 20.2 Å². The molecular formula is C20H23N7O2. The molecule has 29 heavy (non-hydrogen) atoms. The Morgan fingerprint density at radius 2 is 1.97 bits per heavy atom. The first-order valence-corrected chi connectivity index (χ1v) is 9.51. The predicted octanol–water partition coefficient (Wildman–Crippen LogP) is 2.49. The number of morpholine rings is 1. The van der Waals surface area contributed by atoms with Crippen LogP contribution in [-0.2, 0) is 4.74 Å². The van der Waals surface area contributed by atoms with Crippen LogP contribution in [0.25, 0.3) is 11.3 Å². The number of nitrogen functional groups attached to an aromatic ring is 1. The second-order valence-electron chi connectivity index (χ2n) is 6.45. The van der Waals surface area contributed by atoms with E-state index in [1.54, 1.807) is 18.5 Å². The van der Waals surface area contributed by atoms with Gasteiger partial charge in [-0.3, -0.25) is 0 Å². The third-order valence-corrected chi connectivity index (χ3v) is 4.39. The minimum Gasteiger partial charge on any atom is -0.478 e. The van der Waals surface area contributed by atoms with Gasteiger partial charge in [0.15, 0.2) is 0 Å². The van der Waals surface area contributed by atoms with Gasteiger partial charge in [-0.15, -0.1) is 0 Å². The summed E-state index contributed by atoms with van der Waals surface area (Å²) in [6.45, 7) is 5.30. The summed E-state index contributed by atoms with van der Waals surface area (Å²) < 4.78 is 10.8. The summed E-state index contributed by atoms with van der Waals surface area (Å²) in [5.41, 5.74) is 8.15. The normalized spacial score (nSPS) is 13.9. The Kier molecular flexibility index (Phi) is 5.66. The van der Waals surface area contributed by atoms with Crippen LogP contribution in [0.4, 0.5) is 23.3 Å². The van der Waals surface area contributed by atoms with Crippen molar-refractivity contribution >= 4 is 23.3 Å². The molecule has 4 heterocycles. The highest BCUT2D eigenvalue weighted by Crippen LogP contribution is 2.25. The molecule has 0 atom stereocenters. The molecule has 150 valence electrons. The zero-order chi connectivity index (χ0) is 20.1. The third-order valence-electron chi connectivity index (χ3n) is 4.39. The molecule has 1 aliphatic rings. The number of nitrogens with two attached hydrogens (primary N) is 1. The molecule has 9 nitrogen and oxygen atoms in total.